The molecule has 0 spiro atoms. The highest BCUT2D eigenvalue weighted by Gasteiger charge is 2.22. The molecule has 1 fully saturated rings. The lowest BCUT2D eigenvalue weighted by atomic mass is 9.87. The van der Waals surface area contributed by atoms with Gasteiger partial charge in [-0.2, -0.15) is 5.26 Å². The van der Waals surface area contributed by atoms with E-state index in [-0.39, 0.29) is 11.7 Å². The summed E-state index contributed by atoms with van der Waals surface area (Å²) in [5.74, 6) is 1.89. The van der Waals surface area contributed by atoms with Crippen LogP contribution in [0.1, 0.15) is 66.8 Å². The largest absolute Gasteiger partial charge is 0.316 e. The molecule has 6 nitrogen and oxygen atoms in total. The molecule has 2 heterocycles. The Kier molecular flexibility index (Phi) is 6.56. The van der Waals surface area contributed by atoms with E-state index >= 15 is 0 Å². The van der Waals surface area contributed by atoms with Crippen LogP contribution in [-0.2, 0) is 31.1 Å². The van der Waals surface area contributed by atoms with Crippen molar-refractivity contribution in [2.75, 3.05) is 11.1 Å². The average molecular weight is 430 g/mol. The summed E-state index contributed by atoms with van der Waals surface area (Å²) < 4.78 is 2.02. The van der Waals surface area contributed by atoms with Crippen molar-refractivity contribution in [2.45, 2.75) is 69.4 Å². The predicted octanol–water partition coefficient (Wildman–Crippen LogP) is 4.48. The van der Waals surface area contributed by atoms with E-state index < -0.39 is 0 Å². The van der Waals surface area contributed by atoms with Crippen molar-refractivity contribution >= 4 is 34.0 Å². The zero-order valence-electron chi connectivity index (χ0n) is 16.9. The molecule has 1 amide bonds. The van der Waals surface area contributed by atoms with Crippen molar-refractivity contribution in [3.63, 3.8) is 0 Å². The Balaban J connectivity index is 1.34. The number of thioether (sulfide) groups is 1. The lowest BCUT2D eigenvalue weighted by Gasteiger charge is -2.20. The third kappa shape index (κ3) is 4.67. The molecule has 0 saturated heterocycles. The van der Waals surface area contributed by atoms with Crippen LogP contribution in [0, 0.1) is 17.2 Å². The zero-order chi connectivity index (χ0) is 20.2. The number of nitrogens with one attached hydrogen (secondary N) is 1. The maximum Gasteiger partial charge on any atom is 0.235 e. The summed E-state index contributed by atoms with van der Waals surface area (Å²) >= 11 is 2.97. The third-order valence-electron chi connectivity index (χ3n) is 5.99. The summed E-state index contributed by atoms with van der Waals surface area (Å²) in [6.07, 6.45) is 11.8. The Hall–Kier alpha value is -1.85. The van der Waals surface area contributed by atoms with Gasteiger partial charge in [-0.1, -0.05) is 43.9 Å². The van der Waals surface area contributed by atoms with E-state index in [9.17, 15) is 10.1 Å². The van der Waals surface area contributed by atoms with Gasteiger partial charge < -0.3 is 9.88 Å². The molecule has 2 aliphatic carbocycles. The molecule has 1 saturated carbocycles. The van der Waals surface area contributed by atoms with Gasteiger partial charge in [0.1, 0.15) is 16.9 Å². The highest BCUT2D eigenvalue weighted by molar-refractivity contribution is 7.99. The molecule has 0 bridgehead atoms. The first-order chi connectivity index (χ1) is 14.2. The molecule has 0 unspecified atom stereocenters. The molecule has 2 aliphatic rings. The normalized spacial score (nSPS) is 17.0. The quantitative estimate of drug-likeness (QED) is 0.685. The Labute approximate surface area is 180 Å². The minimum absolute atomic E-state index is 0.0954. The molecule has 2 aromatic rings. The fourth-order valence-electron chi connectivity index (χ4n) is 4.36. The van der Waals surface area contributed by atoms with Gasteiger partial charge in [-0.3, -0.25) is 4.79 Å². The lowest BCUT2D eigenvalue weighted by Crippen LogP contribution is -2.15. The van der Waals surface area contributed by atoms with Crippen molar-refractivity contribution in [3.8, 4) is 6.07 Å². The molecule has 4 rings (SSSR count). The van der Waals surface area contributed by atoms with Crippen LogP contribution in [0.3, 0.4) is 0 Å². The standard InChI is InChI=1S/C21H27N5OS2/c1-26-18(11-14-7-3-2-4-8-14)24-25-21(26)28-13-19(27)23-20-16(12-22)15-9-5-6-10-17(15)29-20/h14H,2-11,13H2,1H3,(H,23,27). The number of fused-ring (bicyclic) bond motifs is 1. The molecule has 0 aliphatic heterocycles. The summed E-state index contributed by atoms with van der Waals surface area (Å²) in [5, 5.41) is 22.6. The van der Waals surface area contributed by atoms with Crippen molar-refractivity contribution in [2.24, 2.45) is 13.0 Å². The van der Waals surface area contributed by atoms with Crippen LogP contribution in [0.15, 0.2) is 5.16 Å². The minimum atomic E-state index is -0.0954. The summed E-state index contributed by atoms with van der Waals surface area (Å²) in [6, 6.07) is 2.30. The van der Waals surface area contributed by atoms with Gasteiger partial charge in [0.05, 0.1) is 11.3 Å². The van der Waals surface area contributed by atoms with E-state index in [4.69, 9.17) is 0 Å². The number of aromatic nitrogens is 3. The molecule has 0 radical (unpaired) electrons. The van der Waals surface area contributed by atoms with Gasteiger partial charge in [-0.25, -0.2) is 0 Å². The summed E-state index contributed by atoms with van der Waals surface area (Å²) in [6.45, 7) is 0. The number of nitriles is 1. The van der Waals surface area contributed by atoms with Gasteiger partial charge >= 0.3 is 0 Å². The molecule has 8 heteroatoms. The maximum absolute atomic E-state index is 12.5. The van der Waals surface area contributed by atoms with Crippen molar-refractivity contribution in [3.05, 3.63) is 21.8 Å². The first-order valence-corrected chi connectivity index (χ1v) is 12.3. The van der Waals surface area contributed by atoms with Gasteiger partial charge in [0.15, 0.2) is 5.16 Å². The van der Waals surface area contributed by atoms with Gasteiger partial charge in [0, 0.05) is 18.3 Å². The smallest absolute Gasteiger partial charge is 0.235 e. The van der Waals surface area contributed by atoms with Crippen LogP contribution in [-0.4, -0.2) is 26.4 Å². The number of amides is 1. The third-order valence-corrected chi connectivity index (χ3v) is 8.22. The lowest BCUT2D eigenvalue weighted by molar-refractivity contribution is -0.113. The number of carbonyl (C=O) groups excluding carboxylic acids is 1. The monoisotopic (exact) mass is 429 g/mol. The number of carbonyl (C=O) groups is 1. The predicted molar refractivity (Wildman–Crippen MR) is 116 cm³/mol. The van der Waals surface area contributed by atoms with E-state index in [1.807, 2.05) is 11.6 Å². The molecular formula is C21H27N5OS2. The first-order valence-electron chi connectivity index (χ1n) is 10.5. The SMILES string of the molecule is Cn1c(CC2CCCCC2)nnc1SCC(=O)Nc1sc2c(c1C#N)CCCC2. The summed E-state index contributed by atoms with van der Waals surface area (Å²) in [5.41, 5.74) is 1.81. The molecule has 2 aromatic heterocycles. The van der Waals surface area contributed by atoms with E-state index in [2.05, 4.69) is 21.6 Å². The van der Waals surface area contributed by atoms with Crippen LogP contribution < -0.4 is 5.32 Å². The fraction of sp³-hybridized carbons (Fsp3) is 0.619. The Morgan fingerprint density at radius 2 is 2.03 bits per heavy atom. The Morgan fingerprint density at radius 3 is 2.83 bits per heavy atom. The van der Waals surface area contributed by atoms with E-state index in [1.54, 1.807) is 11.3 Å². The number of hydrogen-bond donors (Lipinski definition) is 1. The first kappa shape index (κ1) is 20.4. The molecule has 0 aromatic carbocycles. The number of rotatable bonds is 6. The van der Waals surface area contributed by atoms with Crippen LogP contribution in [0.25, 0.3) is 0 Å². The second-order valence-corrected chi connectivity index (χ2v) is 10.1. The summed E-state index contributed by atoms with van der Waals surface area (Å²) in [4.78, 5) is 13.8. The van der Waals surface area contributed by atoms with E-state index in [1.165, 1.54) is 48.7 Å². The molecule has 0 atom stereocenters. The Bertz CT molecular complexity index is 920. The second kappa shape index (κ2) is 9.31. The molecule has 1 N–H and O–H groups in total. The number of nitrogens with zero attached hydrogens (tertiary/aromatic N) is 4. The van der Waals surface area contributed by atoms with E-state index in [0.717, 1.165) is 48.6 Å². The van der Waals surface area contributed by atoms with Crippen molar-refractivity contribution in [1.29, 1.82) is 5.26 Å². The number of aryl methyl sites for hydroxylation is 1. The molecular weight excluding hydrogens is 402 g/mol. The van der Waals surface area contributed by atoms with Crippen molar-refractivity contribution in [1.82, 2.24) is 14.8 Å². The van der Waals surface area contributed by atoms with Crippen LogP contribution >= 0.6 is 23.1 Å². The summed E-state index contributed by atoms with van der Waals surface area (Å²) in [7, 11) is 1.99. The van der Waals surface area contributed by atoms with Crippen LogP contribution in [0.2, 0.25) is 0 Å². The van der Waals surface area contributed by atoms with E-state index in [0.29, 0.717) is 16.5 Å². The van der Waals surface area contributed by atoms with Crippen LogP contribution in [0.4, 0.5) is 5.00 Å². The highest BCUT2D eigenvalue weighted by atomic mass is 32.2. The highest BCUT2D eigenvalue weighted by Crippen LogP contribution is 2.37. The average Bonchev–Trinajstić information content (AvgIpc) is 3.27. The molecule has 154 valence electrons. The van der Waals surface area contributed by atoms with Gasteiger partial charge in [-0.15, -0.1) is 21.5 Å². The number of anilines is 1. The van der Waals surface area contributed by atoms with Gasteiger partial charge in [-0.05, 0) is 37.2 Å². The second-order valence-electron chi connectivity index (χ2n) is 8.03. The zero-order valence-corrected chi connectivity index (χ0v) is 18.5. The number of thiophene rings is 1. The fourth-order valence-corrected chi connectivity index (χ4v) is 6.35. The molecule has 29 heavy (non-hydrogen) atoms. The van der Waals surface area contributed by atoms with Crippen molar-refractivity contribution < 1.29 is 4.79 Å². The van der Waals surface area contributed by atoms with Crippen LogP contribution in [0.5, 0.6) is 0 Å². The topological polar surface area (TPSA) is 83.6 Å². The number of hydrogen-bond acceptors (Lipinski definition) is 6. The van der Waals surface area contributed by atoms with Gasteiger partial charge in [0.25, 0.3) is 0 Å². The Morgan fingerprint density at radius 1 is 1.24 bits per heavy atom. The van der Waals surface area contributed by atoms with Gasteiger partial charge in [0.2, 0.25) is 5.91 Å². The maximum atomic E-state index is 12.5. The minimum Gasteiger partial charge on any atom is -0.316 e.